The normalized spacial score (nSPS) is 11.8. The van der Waals surface area contributed by atoms with E-state index < -0.39 is 29.6 Å². The van der Waals surface area contributed by atoms with Crippen LogP contribution in [0.3, 0.4) is 0 Å². The number of carbonyl (C=O) groups excluding carboxylic acids is 1. The topological polar surface area (TPSA) is 66.4 Å². The van der Waals surface area contributed by atoms with Crippen LogP contribution in [0.1, 0.15) is 16.7 Å². The van der Waals surface area contributed by atoms with Gasteiger partial charge >= 0.3 is 5.97 Å². The van der Waals surface area contributed by atoms with E-state index in [1.54, 1.807) is 12.1 Å². The van der Waals surface area contributed by atoms with Crippen molar-refractivity contribution in [2.45, 2.75) is 25.8 Å². The second-order valence-electron chi connectivity index (χ2n) is 5.56. The molecule has 0 aliphatic rings. The number of halogens is 2. The minimum atomic E-state index is -1.18. The predicted octanol–water partition coefficient (Wildman–Crippen LogP) is 2.63. The van der Waals surface area contributed by atoms with Crippen molar-refractivity contribution in [1.29, 1.82) is 0 Å². The third kappa shape index (κ3) is 4.87. The van der Waals surface area contributed by atoms with Crippen LogP contribution in [0, 0.1) is 18.6 Å². The lowest BCUT2D eigenvalue weighted by molar-refractivity contribution is -0.141. The summed E-state index contributed by atoms with van der Waals surface area (Å²) in [6, 6.07) is 9.06. The lowest BCUT2D eigenvalue weighted by Gasteiger charge is -2.15. The first-order valence-corrected chi connectivity index (χ1v) is 7.37. The van der Waals surface area contributed by atoms with Gasteiger partial charge in [-0.25, -0.2) is 13.6 Å². The highest BCUT2D eigenvalue weighted by Crippen LogP contribution is 2.11. The molecule has 0 fully saturated rings. The molecule has 0 aromatic heterocycles. The number of hydrogen-bond acceptors (Lipinski definition) is 2. The second-order valence-corrected chi connectivity index (χ2v) is 5.56. The molecule has 4 nitrogen and oxygen atoms in total. The lowest BCUT2D eigenvalue weighted by Crippen LogP contribution is -2.43. The summed E-state index contributed by atoms with van der Waals surface area (Å²) in [6.07, 6.45) is -0.239. The van der Waals surface area contributed by atoms with E-state index in [1.807, 2.05) is 19.1 Å². The van der Waals surface area contributed by atoms with E-state index in [2.05, 4.69) is 5.32 Å². The molecule has 0 heterocycles. The monoisotopic (exact) mass is 333 g/mol. The first kappa shape index (κ1) is 17.6. The third-order valence-electron chi connectivity index (χ3n) is 3.56. The molecule has 2 aromatic carbocycles. The summed E-state index contributed by atoms with van der Waals surface area (Å²) in [7, 11) is 0. The minimum absolute atomic E-state index is 0.00775. The summed E-state index contributed by atoms with van der Waals surface area (Å²) in [6.45, 7) is 1.91. The van der Waals surface area contributed by atoms with Crippen LogP contribution < -0.4 is 5.32 Å². The number of carboxylic acid groups (broad SMARTS) is 1. The number of benzene rings is 2. The maximum Gasteiger partial charge on any atom is 0.326 e. The molecule has 0 aliphatic heterocycles. The van der Waals surface area contributed by atoms with Gasteiger partial charge in [0.2, 0.25) is 5.91 Å². The molecule has 6 heteroatoms. The molecule has 2 N–H and O–H groups in total. The van der Waals surface area contributed by atoms with Crippen LogP contribution >= 0.6 is 0 Å². The number of aliphatic carboxylic acids is 1. The molecule has 2 aromatic rings. The SMILES string of the molecule is Cc1ccc(C[C@H](NC(=O)Cc2ccc(F)cc2F)C(=O)O)cc1. The molecule has 0 bridgehead atoms. The molecule has 0 saturated carbocycles. The number of nitrogens with one attached hydrogen (secondary N) is 1. The molecule has 0 radical (unpaired) electrons. The Bertz CT molecular complexity index is 744. The van der Waals surface area contributed by atoms with E-state index in [1.165, 1.54) is 6.07 Å². The average Bonchev–Trinajstić information content (AvgIpc) is 2.51. The number of hydrogen-bond donors (Lipinski definition) is 2. The largest absolute Gasteiger partial charge is 0.480 e. The molecule has 1 amide bonds. The molecular formula is C18H17F2NO3. The van der Waals surface area contributed by atoms with Gasteiger partial charge in [-0.05, 0) is 24.1 Å². The zero-order valence-corrected chi connectivity index (χ0v) is 13.1. The Morgan fingerprint density at radius 1 is 1.12 bits per heavy atom. The Hall–Kier alpha value is -2.76. The third-order valence-corrected chi connectivity index (χ3v) is 3.56. The van der Waals surface area contributed by atoms with E-state index in [4.69, 9.17) is 0 Å². The second kappa shape index (κ2) is 7.68. The zero-order valence-electron chi connectivity index (χ0n) is 13.1. The lowest BCUT2D eigenvalue weighted by atomic mass is 10.0. The van der Waals surface area contributed by atoms with Gasteiger partial charge in [-0.15, -0.1) is 0 Å². The van der Waals surface area contributed by atoms with Crippen molar-refractivity contribution >= 4 is 11.9 Å². The van der Waals surface area contributed by atoms with Crippen LogP contribution in [0.25, 0.3) is 0 Å². The van der Waals surface area contributed by atoms with Crippen molar-refractivity contribution < 1.29 is 23.5 Å². The van der Waals surface area contributed by atoms with Crippen LogP contribution in [0.2, 0.25) is 0 Å². The van der Waals surface area contributed by atoms with Gasteiger partial charge in [0.05, 0.1) is 6.42 Å². The van der Waals surface area contributed by atoms with Gasteiger partial charge in [-0.2, -0.15) is 0 Å². The number of carbonyl (C=O) groups is 2. The smallest absolute Gasteiger partial charge is 0.326 e. The van der Waals surface area contributed by atoms with Gasteiger partial charge < -0.3 is 10.4 Å². The summed E-state index contributed by atoms with van der Waals surface area (Å²) in [5, 5.41) is 11.6. The van der Waals surface area contributed by atoms with Crippen LogP contribution in [0.15, 0.2) is 42.5 Å². The maximum atomic E-state index is 13.6. The summed E-state index contributed by atoms with van der Waals surface area (Å²) in [4.78, 5) is 23.3. The van der Waals surface area contributed by atoms with Crippen molar-refractivity contribution in [3.05, 3.63) is 70.8 Å². The molecule has 1 atom stereocenters. The molecule has 0 unspecified atom stereocenters. The molecule has 0 saturated heterocycles. The number of carboxylic acids is 1. The maximum absolute atomic E-state index is 13.6. The van der Waals surface area contributed by atoms with Crippen molar-refractivity contribution in [2.75, 3.05) is 0 Å². The summed E-state index contributed by atoms with van der Waals surface area (Å²) in [5.41, 5.74) is 1.82. The summed E-state index contributed by atoms with van der Waals surface area (Å²) >= 11 is 0. The highest BCUT2D eigenvalue weighted by atomic mass is 19.1. The van der Waals surface area contributed by atoms with Crippen molar-refractivity contribution in [3.8, 4) is 0 Å². The number of aryl methyl sites for hydroxylation is 1. The number of amides is 1. The molecule has 24 heavy (non-hydrogen) atoms. The Morgan fingerprint density at radius 3 is 2.38 bits per heavy atom. The van der Waals surface area contributed by atoms with Gasteiger partial charge in [0.25, 0.3) is 0 Å². The van der Waals surface area contributed by atoms with Gasteiger partial charge in [-0.1, -0.05) is 35.9 Å². The van der Waals surface area contributed by atoms with Crippen LogP contribution in [-0.4, -0.2) is 23.0 Å². The van der Waals surface area contributed by atoms with E-state index in [0.717, 1.165) is 17.2 Å². The average molecular weight is 333 g/mol. The first-order chi connectivity index (χ1) is 11.3. The quantitative estimate of drug-likeness (QED) is 0.854. The highest BCUT2D eigenvalue weighted by molar-refractivity contribution is 5.85. The summed E-state index contributed by atoms with van der Waals surface area (Å²) in [5.74, 6) is -3.39. The van der Waals surface area contributed by atoms with Crippen molar-refractivity contribution in [3.63, 3.8) is 0 Å². The number of rotatable bonds is 6. The molecule has 0 spiro atoms. The zero-order chi connectivity index (χ0) is 17.7. The Morgan fingerprint density at radius 2 is 1.79 bits per heavy atom. The van der Waals surface area contributed by atoms with E-state index in [0.29, 0.717) is 6.07 Å². The fourth-order valence-corrected chi connectivity index (χ4v) is 2.24. The fraction of sp³-hybridized carbons (Fsp3) is 0.222. The van der Waals surface area contributed by atoms with Crippen LogP contribution in [-0.2, 0) is 22.4 Å². The van der Waals surface area contributed by atoms with E-state index in [9.17, 15) is 23.5 Å². The molecule has 126 valence electrons. The van der Waals surface area contributed by atoms with Crippen molar-refractivity contribution in [1.82, 2.24) is 5.32 Å². The first-order valence-electron chi connectivity index (χ1n) is 7.37. The Balaban J connectivity index is 2.02. The standard InChI is InChI=1S/C18H17F2NO3/c1-11-2-4-12(5-3-11)8-16(18(23)24)21-17(22)9-13-6-7-14(19)10-15(13)20/h2-7,10,16H,8-9H2,1H3,(H,21,22)(H,23,24)/t16-/m0/s1. The Labute approximate surface area is 138 Å². The van der Waals surface area contributed by atoms with Crippen molar-refractivity contribution in [2.24, 2.45) is 0 Å². The van der Waals surface area contributed by atoms with Crippen LogP contribution in [0.5, 0.6) is 0 Å². The Kier molecular flexibility index (Phi) is 5.63. The summed E-state index contributed by atoms with van der Waals surface area (Å²) < 4.78 is 26.4. The van der Waals surface area contributed by atoms with Gasteiger partial charge in [-0.3, -0.25) is 4.79 Å². The predicted molar refractivity (Wildman–Crippen MR) is 84.5 cm³/mol. The fourth-order valence-electron chi connectivity index (χ4n) is 2.24. The highest BCUT2D eigenvalue weighted by Gasteiger charge is 2.21. The molecular weight excluding hydrogens is 316 g/mol. The molecule has 2 rings (SSSR count). The van der Waals surface area contributed by atoms with Crippen LogP contribution in [0.4, 0.5) is 8.78 Å². The van der Waals surface area contributed by atoms with E-state index in [-0.39, 0.29) is 18.4 Å². The van der Waals surface area contributed by atoms with Gasteiger partial charge in [0.15, 0.2) is 0 Å². The minimum Gasteiger partial charge on any atom is -0.480 e. The molecule has 0 aliphatic carbocycles. The van der Waals surface area contributed by atoms with Gasteiger partial charge in [0, 0.05) is 12.5 Å². The van der Waals surface area contributed by atoms with E-state index >= 15 is 0 Å². The van der Waals surface area contributed by atoms with Gasteiger partial charge in [0.1, 0.15) is 17.7 Å².